The molecule has 0 radical (unpaired) electrons. The first kappa shape index (κ1) is 18.0. The Morgan fingerprint density at radius 2 is 1.92 bits per heavy atom. The van der Waals surface area contributed by atoms with E-state index in [2.05, 4.69) is 4.98 Å². The minimum atomic E-state index is -0.898. The van der Waals surface area contributed by atoms with Crippen LogP contribution in [0.2, 0.25) is 0 Å². The molecule has 0 saturated heterocycles. The van der Waals surface area contributed by atoms with Crippen molar-refractivity contribution in [1.29, 1.82) is 0 Å². The largest absolute Gasteiger partial charge is 0.481 e. The molecule has 5 nitrogen and oxygen atoms in total. The number of benzene rings is 2. The van der Waals surface area contributed by atoms with Crippen LogP contribution in [-0.4, -0.2) is 39.0 Å². The maximum atomic E-state index is 11.3. The number of nitrogens with zero attached hydrogens (tertiary/aromatic N) is 1. The van der Waals surface area contributed by atoms with Crippen LogP contribution in [0.25, 0.3) is 22.0 Å². The standard InChI is InChI=1S/C21H21NO4/c23-13-17(24)9-8-14-4-3-5-15(10-14)21-16(11-20(25)26)12-22-19-7-2-1-6-18(19)21/h1-7,10,12,17,23-24H,8-9,11,13H2,(H,25,26)/t17-/m0/s1. The Balaban J connectivity index is 2.07. The summed E-state index contributed by atoms with van der Waals surface area (Å²) in [5.41, 5.74) is 4.32. The molecule has 0 saturated carbocycles. The van der Waals surface area contributed by atoms with Gasteiger partial charge in [-0.2, -0.15) is 0 Å². The lowest BCUT2D eigenvalue weighted by Crippen LogP contribution is -2.12. The maximum Gasteiger partial charge on any atom is 0.307 e. The van der Waals surface area contributed by atoms with E-state index in [9.17, 15) is 15.0 Å². The van der Waals surface area contributed by atoms with E-state index >= 15 is 0 Å². The Labute approximate surface area is 151 Å². The quantitative estimate of drug-likeness (QED) is 0.609. The highest BCUT2D eigenvalue weighted by Crippen LogP contribution is 2.32. The molecule has 3 N–H and O–H groups in total. The van der Waals surface area contributed by atoms with Crippen molar-refractivity contribution < 1.29 is 20.1 Å². The molecular formula is C21H21NO4. The van der Waals surface area contributed by atoms with Gasteiger partial charge in [-0.3, -0.25) is 9.78 Å². The highest BCUT2D eigenvalue weighted by Gasteiger charge is 2.14. The van der Waals surface area contributed by atoms with Crippen molar-refractivity contribution in [3.8, 4) is 11.1 Å². The zero-order valence-electron chi connectivity index (χ0n) is 14.3. The van der Waals surface area contributed by atoms with E-state index in [0.29, 0.717) is 18.4 Å². The molecule has 0 aliphatic heterocycles. The third-order valence-electron chi connectivity index (χ3n) is 4.39. The zero-order valence-corrected chi connectivity index (χ0v) is 14.3. The number of pyridine rings is 1. The minimum absolute atomic E-state index is 0.0966. The lowest BCUT2D eigenvalue weighted by molar-refractivity contribution is -0.136. The van der Waals surface area contributed by atoms with Crippen molar-refractivity contribution in [2.75, 3.05) is 6.61 Å². The van der Waals surface area contributed by atoms with Gasteiger partial charge < -0.3 is 15.3 Å². The summed E-state index contributed by atoms with van der Waals surface area (Å²) in [5.74, 6) is -0.898. The van der Waals surface area contributed by atoms with E-state index in [4.69, 9.17) is 5.11 Å². The summed E-state index contributed by atoms with van der Waals surface area (Å²) in [4.78, 5) is 15.7. The molecule has 134 valence electrons. The van der Waals surface area contributed by atoms with Crippen LogP contribution < -0.4 is 0 Å². The lowest BCUT2D eigenvalue weighted by atomic mass is 9.93. The predicted octanol–water partition coefficient (Wildman–Crippen LogP) is 2.81. The molecule has 1 heterocycles. The second-order valence-electron chi connectivity index (χ2n) is 6.32. The van der Waals surface area contributed by atoms with Crippen LogP contribution in [-0.2, 0) is 17.6 Å². The Hall–Kier alpha value is -2.76. The van der Waals surface area contributed by atoms with E-state index in [0.717, 1.165) is 27.6 Å². The highest BCUT2D eigenvalue weighted by molar-refractivity contribution is 5.97. The minimum Gasteiger partial charge on any atom is -0.481 e. The molecule has 0 bridgehead atoms. The second kappa shape index (κ2) is 8.08. The van der Waals surface area contributed by atoms with Crippen molar-refractivity contribution in [1.82, 2.24) is 4.98 Å². The summed E-state index contributed by atoms with van der Waals surface area (Å²) >= 11 is 0. The van der Waals surface area contributed by atoms with E-state index in [-0.39, 0.29) is 13.0 Å². The van der Waals surface area contributed by atoms with Gasteiger partial charge in [-0.25, -0.2) is 0 Å². The average molecular weight is 351 g/mol. The Bertz CT molecular complexity index is 923. The van der Waals surface area contributed by atoms with Crippen LogP contribution in [0.4, 0.5) is 0 Å². The van der Waals surface area contributed by atoms with Gasteiger partial charge in [-0.05, 0) is 41.2 Å². The number of hydrogen-bond donors (Lipinski definition) is 3. The number of aliphatic carboxylic acids is 1. The monoisotopic (exact) mass is 351 g/mol. The number of aryl methyl sites for hydroxylation is 1. The predicted molar refractivity (Wildman–Crippen MR) is 99.9 cm³/mol. The molecule has 2 aromatic carbocycles. The summed E-state index contributed by atoms with van der Waals surface area (Å²) in [6.07, 6.45) is 1.91. The molecule has 3 aromatic rings. The van der Waals surface area contributed by atoms with E-state index in [1.54, 1.807) is 6.20 Å². The van der Waals surface area contributed by atoms with E-state index in [1.807, 2.05) is 48.5 Å². The normalized spacial score (nSPS) is 12.2. The number of carboxylic acids is 1. The van der Waals surface area contributed by atoms with Crippen molar-refractivity contribution in [2.45, 2.75) is 25.4 Å². The van der Waals surface area contributed by atoms with Gasteiger partial charge >= 0.3 is 5.97 Å². The summed E-state index contributed by atoms with van der Waals surface area (Å²) in [7, 11) is 0. The average Bonchev–Trinajstić information content (AvgIpc) is 2.65. The number of aromatic nitrogens is 1. The maximum absolute atomic E-state index is 11.3. The lowest BCUT2D eigenvalue weighted by Gasteiger charge is -2.13. The number of para-hydroxylation sites is 1. The second-order valence-corrected chi connectivity index (χ2v) is 6.32. The van der Waals surface area contributed by atoms with Gasteiger partial charge in [0.15, 0.2) is 0 Å². The van der Waals surface area contributed by atoms with Crippen LogP contribution in [0, 0.1) is 0 Å². The topological polar surface area (TPSA) is 90.7 Å². The first-order chi connectivity index (χ1) is 12.6. The van der Waals surface area contributed by atoms with Gasteiger partial charge in [0.2, 0.25) is 0 Å². The first-order valence-electron chi connectivity index (χ1n) is 8.55. The molecular weight excluding hydrogens is 330 g/mol. The molecule has 26 heavy (non-hydrogen) atoms. The van der Waals surface area contributed by atoms with E-state index in [1.165, 1.54) is 0 Å². The van der Waals surface area contributed by atoms with Crippen molar-refractivity contribution in [3.63, 3.8) is 0 Å². The summed E-state index contributed by atoms with van der Waals surface area (Å²) in [5, 5.41) is 28.7. The molecule has 0 fully saturated rings. The van der Waals surface area contributed by atoms with Crippen molar-refractivity contribution >= 4 is 16.9 Å². The van der Waals surface area contributed by atoms with Gasteiger partial charge in [0.25, 0.3) is 0 Å². The summed E-state index contributed by atoms with van der Waals surface area (Å²) in [6.45, 7) is -0.253. The molecule has 1 aromatic heterocycles. The fourth-order valence-electron chi connectivity index (χ4n) is 3.13. The van der Waals surface area contributed by atoms with Crippen LogP contribution in [0.15, 0.2) is 54.7 Å². The number of rotatable bonds is 7. The Kier molecular flexibility index (Phi) is 5.61. The Morgan fingerprint density at radius 3 is 2.69 bits per heavy atom. The van der Waals surface area contributed by atoms with E-state index < -0.39 is 12.1 Å². The smallest absolute Gasteiger partial charge is 0.307 e. The molecule has 0 unspecified atom stereocenters. The van der Waals surface area contributed by atoms with Crippen molar-refractivity contribution in [3.05, 3.63) is 65.9 Å². The first-order valence-corrected chi connectivity index (χ1v) is 8.55. The van der Waals surface area contributed by atoms with Crippen LogP contribution >= 0.6 is 0 Å². The van der Waals surface area contributed by atoms with Gasteiger partial charge in [0, 0.05) is 11.6 Å². The number of carboxylic acid groups (broad SMARTS) is 1. The van der Waals surface area contributed by atoms with Crippen LogP contribution in [0.1, 0.15) is 17.5 Å². The molecule has 5 heteroatoms. The molecule has 3 rings (SSSR count). The molecule has 1 atom stereocenters. The highest BCUT2D eigenvalue weighted by atomic mass is 16.4. The fourth-order valence-corrected chi connectivity index (χ4v) is 3.13. The molecule has 0 amide bonds. The van der Waals surface area contributed by atoms with Crippen LogP contribution in [0.5, 0.6) is 0 Å². The van der Waals surface area contributed by atoms with Gasteiger partial charge in [0.1, 0.15) is 0 Å². The number of aliphatic hydroxyl groups excluding tert-OH is 2. The third kappa shape index (κ3) is 4.07. The Morgan fingerprint density at radius 1 is 1.12 bits per heavy atom. The zero-order chi connectivity index (χ0) is 18.5. The number of carbonyl (C=O) groups is 1. The van der Waals surface area contributed by atoms with Crippen LogP contribution in [0.3, 0.4) is 0 Å². The third-order valence-corrected chi connectivity index (χ3v) is 4.39. The fraction of sp³-hybridized carbons (Fsp3) is 0.238. The number of fused-ring (bicyclic) bond motifs is 1. The number of hydrogen-bond acceptors (Lipinski definition) is 4. The molecule has 0 spiro atoms. The SMILES string of the molecule is O=C(O)Cc1cnc2ccccc2c1-c1cccc(CC[C@H](O)CO)c1. The molecule has 0 aliphatic carbocycles. The number of aliphatic hydroxyl groups is 2. The molecule has 0 aliphatic rings. The van der Waals surface area contributed by atoms with Gasteiger partial charge in [0.05, 0.1) is 24.6 Å². The van der Waals surface area contributed by atoms with Gasteiger partial charge in [-0.1, -0.05) is 42.5 Å². The van der Waals surface area contributed by atoms with Crippen molar-refractivity contribution in [2.24, 2.45) is 0 Å². The summed E-state index contributed by atoms with van der Waals surface area (Å²) < 4.78 is 0. The van der Waals surface area contributed by atoms with Gasteiger partial charge in [-0.15, -0.1) is 0 Å². The summed E-state index contributed by atoms with van der Waals surface area (Å²) in [6, 6.07) is 15.5.